The molecule has 0 spiro atoms. The van der Waals surface area contributed by atoms with Gasteiger partial charge in [0, 0.05) is 50.9 Å². The van der Waals surface area contributed by atoms with E-state index in [-0.39, 0.29) is 12.0 Å². The monoisotopic (exact) mass is 364 g/mol. The van der Waals surface area contributed by atoms with Crippen LogP contribution in [0.1, 0.15) is 56.3 Å². The summed E-state index contributed by atoms with van der Waals surface area (Å²) in [6.45, 7) is 11.3. The normalized spacial score (nSPS) is 23.7. The average Bonchev–Trinajstić information content (AvgIpc) is 3.10. The third kappa shape index (κ3) is 4.45. The molecule has 1 aromatic heterocycles. The van der Waals surface area contributed by atoms with Gasteiger partial charge in [-0.2, -0.15) is 0 Å². The van der Waals surface area contributed by atoms with Gasteiger partial charge in [-0.25, -0.2) is 0 Å². The minimum atomic E-state index is -0.186. The Hall–Kier alpha value is -1.44. The second kappa shape index (κ2) is 8.50. The number of piperidine rings is 1. The lowest BCUT2D eigenvalue weighted by Gasteiger charge is -2.43. The molecule has 0 aromatic carbocycles. The first kappa shape index (κ1) is 19.3. The van der Waals surface area contributed by atoms with Crippen LogP contribution in [0.2, 0.25) is 0 Å². The van der Waals surface area contributed by atoms with Crippen molar-refractivity contribution >= 4 is 5.91 Å². The molecule has 26 heavy (non-hydrogen) atoms. The van der Waals surface area contributed by atoms with Gasteiger partial charge >= 0.3 is 0 Å². The van der Waals surface area contributed by atoms with Gasteiger partial charge in [0.2, 0.25) is 0 Å². The number of nitrogens with zero attached hydrogens (tertiary/aromatic N) is 4. The second-order valence-electron chi connectivity index (χ2n) is 7.83. The fraction of sp³-hybridized carbons (Fsp3) is 0.789. The lowest BCUT2D eigenvalue weighted by Crippen LogP contribution is -2.56. The van der Waals surface area contributed by atoms with E-state index in [0.29, 0.717) is 24.3 Å². The van der Waals surface area contributed by atoms with E-state index in [2.05, 4.69) is 35.7 Å². The van der Waals surface area contributed by atoms with Crippen LogP contribution < -0.4 is 0 Å². The third-order valence-corrected chi connectivity index (χ3v) is 5.66. The van der Waals surface area contributed by atoms with Crippen molar-refractivity contribution in [1.29, 1.82) is 0 Å². The van der Waals surface area contributed by atoms with Crippen molar-refractivity contribution in [3.8, 4) is 0 Å². The standard InChI is InChI=1S/C19H32N4O3/c1-4-15-12-22(9-10-23(15)14(2)3)19(25)18-11-17(26-20-18)13-21-7-5-16(24)6-8-21/h11,14-16,24H,4-10,12-13H2,1-3H3/t15-/m0/s1. The molecular weight excluding hydrogens is 332 g/mol. The molecule has 7 nitrogen and oxygen atoms in total. The van der Waals surface area contributed by atoms with Gasteiger partial charge in [0.05, 0.1) is 12.6 Å². The molecule has 7 heteroatoms. The maximum atomic E-state index is 12.8. The van der Waals surface area contributed by atoms with Crippen LogP contribution in [-0.4, -0.2) is 81.8 Å². The summed E-state index contributed by atoms with van der Waals surface area (Å²) in [5.41, 5.74) is 0.407. The Balaban J connectivity index is 1.58. The number of hydrogen-bond acceptors (Lipinski definition) is 6. The Morgan fingerprint density at radius 2 is 2.04 bits per heavy atom. The van der Waals surface area contributed by atoms with Gasteiger partial charge in [-0.05, 0) is 33.1 Å². The maximum Gasteiger partial charge on any atom is 0.276 e. The van der Waals surface area contributed by atoms with Gasteiger partial charge in [-0.1, -0.05) is 12.1 Å². The summed E-state index contributed by atoms with van der Waals surface area (Å²) in [4.78, 5) is 19.4. The highest BCUT2D eigenvalue weighted by atomic mass is 16.5. The molecule has 0 radical (unpaired) electrons. The van der Waals surface area contributed by atoms with Crippen molar-refractivity contribution in [2.45, 2.75) is 64.8 Å². The van der Waals surface area contributed by atoms with Gasteiger partial charge in [0.25, 0.3) is 5.91 Å². The maximum absolute atomic E-state index is 12.8. The molecule has 146 valence electrons. The largest absolute Gasteiger partial charge is 0.393 e. The molecule has 1 N–H and O–H groups in total. The van der Waals surface area contributed by atoms with Gasteiger partial charge in [-0.15, -0.1) is 0 Å². The number of carbonyl (C=O) groups excluding carboxylic acids is 1. The Morgan fingerprint density at radius 3 is 2.69 bits per heavy atom. The average molecular weight is 364 g/mol. The van der Waals surface area contributed by atoms with Crippen molar-refractivity contribution in [1.82, 2.24) is 19.9 Å². The van der Waals surface area contributed by atoms with Crippen LogP contribution in [0.3, 0.4) is 0 Å². The summed E-state index contributed by atoms with van der Waals surface area (Å²) in [7, 11) is 0. The summed E-state index contributed by atoms with van der Waals surface area (Å²) < 4.78 is 5.41. The Kier molecular flexibility index (Phi) is 6.32. The van der Waals surface area contributed by atoms with E-state index in [4.69, 9.17) is 4.52 Å². The highest BCUT2D eigenvalue weighted by molar-refractivity contribution is 5.92. The minimum Gasteiger partial charge on any atom is -0.393 e. The fourth-order valence-electron chi connectivity index (χ4n) is 4.05. The van der Waals surface area contributed by atoms with Crippen LogP contribution in [-0.2, 0) is 6.54 Å². The van der Waals surface area contributed by atoms with Gasteiger partial charge < -0.3 is 14.5 Å². The number of aliphatic hydroxyl groups is 1. The van der Waals surface area contributed by atoms with Crippen LogP contribution in [0.25, 0.3) is 0 Å². The second-order valence-corrected chi connectivity index (χ2v) is 7.83. The zero-order valence-corrected chi connectivity index (χ0v) is 16.2. The number of amides is 1. The number of aromatic nitrogens is 1. The number of rotatable bonds is 5. The van der Waals surface area contributed by atoms with Crippen LogP contribution in [0.5, 0.6) is 0 Å². The predicted molar refractivity (Wildman–Crippen MR) is 98.8 cm³/mol. The molecule has 2 aliphatic heterocycles. The molecule has 2 fully saturated rings. The SMILES string of the molecule is CC[C@H]1CN(C(=O)c2cc(CN3CCC(O)CC3)on2)CCN1C(C)C. The summed E-state index contributed by atoms with van der Waals surface area (Å²) in [6, 6.07) is 2.68. The first-order valence-electron chi connectivity index (χ1n) is 9.89. The number of piperazine rings is 1. The predicted octanol–water partition coefficient (Wildman–Crippen LogP) is 1.58. The molecule has 0 aliphatic carbocycles. The van der Waals surface area contributed by atoms with Crippen molar-refractivity contribution in [2.24, 2.45) is 0 Å². The molecule has 3 heterocycles. The highest BCUT2D eigenvalue weighted by Crippen LogP contribution is 2.19. The first-order valence-corrected chi connectivity index (χ1v) is 9.89. The summed E-state index contributed by atoms with van der Waals surface area (Å²) in [5.74, 6) is 0.688. The number of hydrogen-bond donors (Lipinski definition) is 1. The van der Waals surface area contributed by atoms with E-state index in [0.717, 1.165) is 57.7 Å². The van der Waals surface area contributed by atoms with E-state index in [1.807, 2.05) is 4.90 Å². The summed E-state index contributed by atoms with van der Waals surface area (Å²) >= 11 is 0. The van der Waals surface area contributed by atoms with Gasteiger partial charge in [0.1, 0.15) is 0 Å². The van der Waals surface area contributed by atoms with Crippen LogP contribution in [0, 0.1) is 0 Å². The van der Waals surface area contributed by atoms with Crippen molar-refractivity contribution < 1.29 is 14.4 Å². The molecule has 0 bridgehead atoms. The first-order chi connectivity index (χ1) is 12.5. The zero-order valence-electron chi connectivity index (χ0n) is 16.2. The molecule has 1 atom stereocenters. The lowest BCUT2D eigenvalue weighted by molar-refractivity contribution is 0.0364. The minimum absolute atomic E-state index is 0.0316. The number of likely N-dealkylation sites (tertiary alicyclic amines) is 1. The Morgan fingerprint density at radius 1 is 1.31 bits per heavy atom. The molecule has 2 aliphatic rings. The number of carbonyl (C=O) groups is 1. The Bertz CT molecular complexity index is 595. The van der Waals surface area contributed by atoms with E-state index < -0.39 is 0 Å². The lowest BCUT2D eigenvalue weighted by atomic mass is 10.1. The van der Waals surface area contributed by atoms with Crippen molar-refractivity contribution in [2.75, 3.05) is 32.7 Å². The molecule has 2 saturated heterocycles. The molecule has 3 rings (SSSR count). The van der Waals surface area contributed by atoms with Gasteiger partial charge in [0.15, 0.2) is 11.5 Å². The van der Waals surface area contributed by atoms with E-state index in [1.54, 1.807) is 6.07 Å². The summed E-state index contributed by atoms with van der Waals surface area (Å²) in [5, 5.41) is 13.6. The van der Waals surface area contributed by atoms with Crippen LogP contribution in [0.15, 0.2) is 10.6 Å². The molecule has 0 saturated carbocycles. The molecular formula is C19H32N4O3. The van der Waals surface area contributed by atoms with Gasteiger partial charge in [-0.3, -0.25) is 14.6 Å². The van der Waals surface area contributed by atoms with E-state index in [9.17, 15) is 9.90 Å². The van der Waals surface area contributed by atoms with Crippen molar-refractivity contribution in [3.63, 3.8) is 0 Å². The summed E-state index contributed by atoms with van der Waals surface area (Å²) in [6.07, 6.45) is 2.43. The van der Waals surface area contributed by atoms with Crippen LogP contribution >= 0.6 is 0 Å². The topological polar surface area (TPSA) is 73.0 Å². The highest BCUT2D eigenvalue weighted by Gasteiger charge is 2.31. The van der Waals surface area contributed by atoms with Crippen LogP contribution in [0.4, 0.5) is 0 Å². The van der Waals surface area contributed by atoms with Crippen molar-refractivity contribution in [3.05, 3.63) is 17.5 Å². The quantitative estimate of drug-likeness (QED) is 0.855. The van der Waals surface area contributed by atoms with E-state index in [1.165, 1.54) is 0 Å². The molecule has 1 amide bonds. The third-order valence-electron chi connectivity index (χ3n) is 5.66. The fourth-order valence-corrected chi connectivity index (χ4v) is 4.05. The zero-order chi connectivity index (χ0) is 18.7. The molecule has 1 aromatic rings. The number of aliphatic hydroxyl groups excluding tert-OH is 1. The molecule has 0 unspecified atom stereocenters. The smallest absolute Gasteiger partial charge is 0.276 e. The Labute approximate surface area is 155 Å². The van der Waals surface area contributed by atoms with E-state index >= 15 is 0 Å².